The Morgan fingerprint density at radius 1 is 0.938 bits per heavy atom. The average Bonchev–Trinajstić information content (AvgIpc) is 2.72. The molecule has 164 valence electrons. The predicted molar refractivity (Wildman–Crippen MR) is 123 cm³/mol. The predicted octanol–water partition coefficient (Wildman–Crippen LogP) is 3.84. The number of carbonyl (C=O) groups is 1. The first-order valence-electron chi connectivity index (χ1n) is 9.10. The largest absolute Gasteiger partial charge is 0.423 e. The van der Waals surface area contributed by atoms with Crippen molar-refractivity contribution < 1.29 is 22.1 Å². The second-order valence-electron chi connectivity index (χ2n) is 6.39. The van der Waals surface area contributed by atoms with Crippen LogP contribution in [0, 0.1) is 0 Å². The minimum atomic E-state index is -4.07. The highest BCUT2D eigenvalue weighted by atomic mass is 35.5. The summed E-state index contributed by atoms with van der Waals surface area (Å²) in [6.07, 6.45) is 1.40. The molecular weight excluding hydrogens is 454 g/mol. The highest BCUT2D eigenvalue weighted by molar-refractivity contribution is 7.90. The molecule has 4 N–H and O–H groups in total. The van der Waals surface area contributed by atoms with E-state index in [0.717, 1.165) is 5.41 Å². The lowest BCUT2D eigenvalue weighted by atomic mass is 10.2. The molecule has 0 aromatic heterocycles. The lowest BCUT2D eigenvalue weighted by molar-refractivity contribution is 0.0734. The zero-order chi connectivity index (χ0) is 23.1. The lowest BCUT2D eigenvalue weighted by Crippen LogP contribution is -2.21. The Morgan fingerprint density at radius 2 is 1.59 bits per heavy atom. The smallest absolute Gasteiger partial charge is 0.343 e. The highest BCUT2D eigenvalue weighted by Gasteiger charge is 2.14. The molecular formula is C22H18ClN3O5S. The minimum Gasteiger partial charge on any atom is -0.423 e. The number of aliphatic imine (C=N–C) groups is 1. The molecule has 0 bridgehead atoms. The lowest BCUT2D eigenvalue weighted by Gasteiger charge is -2.08. The van der Waals surface area contributed by atoms with Crippen LogP contribution in [0.5, 0.6) is 11.5 Å². The van der Waals surface area contributed by atoms with Crippen LogP contribution in [0.15, 0.2) is 83.2 Å². The molecule has 32 heavy (non-hydrogen) atoms. The molecule has 0 aliphatic heterocycles. The number of nitrogens with two attached hydrogens (primary N) is 2. The van der Waals surface area contributed by atoms with Crippen LogP contribution in [0.25, 0.3) is 6.08 Å². The van der Waals surface area contributed by atoms with Gasteiger partial charge in [0.25, 0.3) is 0 Å². The number of nitrogens with zero attached hydrogens (tertiary/aromatic N) is 1. The maximum Gasteiger partial charge on any atom is 0.343 e. The van der Waals surface area contributed by atoms with Crippen molar-refractivity contribution >= 4 is 45.4 Å². The van der Waals surface area contributed by atoms with Gasteiger partial charge in [-0.15, -0.1) is 0 Å². The fourth-order valence-electron chi connectivity index (χ4n) is 2.52. The van der Waals surface area contributed by atoms with Gasteiger partial charge in [0, 0.05) is 17.2 Å². The van der Waals surface area contributed by atoms with Gasteiger partial charge in [0.05, 0.1) is 16.7 Å². The van der Waals surface area contributed by atoms with Crippen molar-refractivity contribution in [3.63, 3.8) is 0 Å². The Kier molecular flexibility index (Phi) is 7.14. The molecule has 0 spiro atoms. The summed E-state index contributed by atoms with van der Waals surface area (Å²) in [5.41, 5.74) is 12.0. The van der Waals surface area contributed by atoms with Crippen molar-refractivity contribution in [3.05, 3.63) is 94.4 Å². The number of hydrogen-bond donors (Lipinski definition) is 2. The Balaban J connectivity index is 1.73. The summed E-state index contributed by atoms with van der Waals surface area (Å²) in [5.74, 6) is -0.907. The summed E-state index contributed by atoms with van der Waals surface area (Å²) in [6.45, 7) is 0. The third-order valence-electron chi connectivity index (χ3n) is 3.86. The quantitative estimate of drug-likeness (QED) is 0.176. The first-order valence-corrected chi connectivity index (χ1v) is 11.0. The van der Waals surface area contributed by atoms with Crippen LogP contribution in [-0.2, 0) is 10.1 Å². The molecule has 10 heteroatoms. The van der Waals surface area contributed by atoms with E-state index < -0.39 is 16.1 Å². The summed E-state index contributed by atoms with van der Waals surface area (Å²) in [4.78, 5) is 16.3. The Hall–Kier alpha value is -3.82. The number of rotatable bonds is 7. The Labute approximate surface area is 189 Å². The highest BCUT2D eigenvalue weighted by Crippen LogP contribution is 2.28. The first-order chi connectivity index (χ1) is 15.2. The molecule has 0 radical (unpaired) electrons. The summed E-state index contributed by atoms with van der Waals surface area (Å²) in [7, 11) is -4.07. The van der Waals surface area contributed by atoms with Crippen LogP contribution in [0.3, 0.4) is 0 Å². The molecule has 3 aromatic carbocycles. The van der Waals surface area contributed by atoms with E-state index >= 15 is 0 Å². The Bertz CT molecular complexity index is 1270. The van der Waals surface area contributed by atoms with Crippen molar-refractivity contribution in [2.45, 2.75) is 0 Å². The van der Waals surface area contributed by atoms with Crippen LogP contribution in [-0.4, -0.2) is 20.3 Å². The molecule has 0 saturated carbocycles. The fraction of sp³-hybridized carbons (Fsp3) is 0. The van der Waals surface area contributed by atoms with Crippen molar-refractivity contribution in [1.29, 1.82) is 0 Å². The Morgan fingerprint density at radius 3 is 2.25 bits per heavy atom. The number of ether oxygens (including phenoxy) is 1. The zero-order valence-electron chi connectivity index (χ0n) is 16.5. The third-order valence-corrected chi connectivity index (χ3v) is 4.97. The van der Waals surface area contributed by atoms with E-state index in [4.69, 9.17) is 32.0 Å². The van der Waals surface area contributed by atoms with Gasteiger partial charge in [-0.05, 0) is 42.0 Å². The van der Waals surface area contributed by atoms with Gasteiger partial charge < -0.3 is 20.4 Å². The normalized spacial score (nSPS) is 11.2. The summed E-state index contributed by atoms with van der Waals surface area (Å²) >= 11 is 6.03. The van der Waals surface area contributed by atoms with Gasteiger partial charge in [0.15, 0.2) is 5.96 Å². The summed E-state index contributed by atoms with van der Waals surface area (Å²) in [6, 6.07) is 18.8. The summed E-state index contributed by atoms with van der Waals surface area (Å²) < 4.78 is 34.9. The molecule has 0 amide bonds. The van der Waals surface area contributed by atoms with E-state index in [1.165, 1.54) is 48.5 Å². The second-order valence-corrected chi connectivity index (χ2v) is 8.25. The molecule has 3 rings (SSSR count). The zero-order valence-corrected chi connectivity index (χ0v) is 18.1. The van der Waals surface area contributed by atoms with Crippen molar-refractivity contribution in [2.24, 2.45) is 16.5 Å². The van der Waals surface area contributed by atoms with E-state index in [9.17, 15) is 13.2 Å². The van der Waals surface area contributed by atoms with E-state index in [1.54, 1.807) is 24.3 Å². The van der Waals surface area contributed by atoms with Crippen LogP contribution in [0.1, 0.15) is 15.9 Å². The molecule has 0 aliphatic carbocycles. The third kappa shape index (κ3) is 6.86. The number of esters is 1. The first kappa shape index (κ1) is 22.9. The van der Waals surface area contributed by atoms with Crippen LogP contribution in [0.2, 0.25) is 5.02 Å². The molecule has 0 unspecified atom stereocenters. The number of carbonyl (C=O) groups excluding carboxylic acids is 1. The number of halogens is 1. The topological polar surface area (TPSA) is 134 Å². The average molecular weight is 472 g/mol. The van der Waals surface area contributed by atoms with Gasteiger partial charge in [-0.1, -0.05) is 41.9 Å². The number of benzene rings is 3. The van der Waals surface area contributed by atoms with Gasteiger partial charge in [-0.2, -0.15) is 8.42 Å². The van der Waals surface area contributed by atoms with Gasteiger partial charge in [0.1, 0.15) is 11.5 Å². The van der Waals surface area contributed by atoms with Gasteiger partial charge >= 0.3 is 16.1 Å². The number of hydrogen-bond acceptors (Lipinski definition) is 6. The van der Waals surface area contributed by atoms with E-state index in [1.807, 2.05) is 6.07 Å². The van der Waals surface area contributed by atoms with E-state index in [2.05, 4.69) is 4.99 Å². The van der Waals surface area contributed by atoms with Crippen molar-refractivity contribution in [3.8, 4) is 11.5 Å². The van der Waals surface area contributed by atoms with Crippen LogP contribution in [0.4, 0.5) is 5.69 Å². The summed E-state index contributed by atoms with van der Waals surface area (Å²) in [5, 5.41) is 1.04. The second kappa shape index (κ2) is 9.99. The van der Waals surface area contributed by atoms with Gasteiger partial charge in [-0.3, -0.25) is 0 Å². The molecule has 8 nitrogen and oxygen atoms in total. The van der Waals surface area contributed by atoms with Crippen LogP contribution >= 0.6 is 11.6 Å². The standard InChI is InChI=1S/C22H18ClN3O5S/c23-17-12-19(30-21(27)16-6-8-18(9-7-16)26-22(24)25)14-20(13-17)31-32(28,29)11-10-15-4-2-1-3-5-15/h1-14H,(H4,24,25,26). The fourth-order valence-corrected chi connectivity index (χ4v) is 3.48. The monoisotopic (exact) mass is 471 g/mol. The molecule has 0 aliphatic rings. The van der Waals surface area contributed by atoms with Gasteiger partial charge in [0.2, 0.25) is 0 Å². The van der Waals surface area contributed by atoms with Crippen LogP contribution < -0.4 is 20.4 Å². The van der Waals surface area contributed by atoms with Gasteiger partial charge in [-0.25, -0.2) is 9.79 Å². The van der Waals surface area contributed by atoms with E-state index in [-0.39, 0.29) is 28.0 Å². The van der Waals surface area contributed by atoms with Crippen molar-refractivity contribution in [1.82, 2.24) is 0 Å². The molecule has 0 atom stereocenters. The van der Waals surface area contributed by atoms with E-state index in [0.29, 0.717) is 11.3 Å². The molecule has 0 heterocycles. The van der Waals surface area contributed by atoms with Crippen molar-refractivity contribution in [2.75, 3.05) is 0 Å². The SMILES string of the molecule is NC(N)=Nc1ccc(C(=O)Oc2cc(Cl)cc(OS(=O)(=O)C=Cc3ccccc3)c2)cc1. The molecule has 0 saturated heterocycles. The molecule has 0 fully saturated rings. The number of guanidine groups is 1. The molecule has 3 aromatic rings. The maximum absolute atomic E-state index is 12.4. The minimum absolute atomic E-state index is 0.00744. The maximum atomic E-state index is 12.4.